The van der Waals surface area contributed by atoms with E-state index in [2.05, 4.69) is 0 Å². The third kappa shape index (κ3) is 5.08. The van der Waals surface area contributed by atoms with Crippen LogP contribution >= 0.6 is 11.8 Å². The molecule has 0 radical (unpaired) electrons. The highest BCUT2D eigenvalue weighted by atomic mass is 32.2. The van der Waals surface area contributed by atoms with Crippen molar-refractivity contribution in [2.24, 2.45) is 0 Å². The third-order valence-electron chi connectivity index (χ3n) is 5.41. The van der Waals surface area contributed by atoms with Crippen molar-refractivity contribution in [2.75, 3.05) is 19.8 Å². The Bertz CT molecular complexity index is 865. The predicted molar refractivity (Wildman–Crippen MR) is 119 cm³/mol. The number of fused-ring (bicyclic) bond motifs is 1. The number of rotatable bonds is 10. The van der Waals surface area contributed by atoms with E-state index >= 15 is 0 Å². The summed E-state index contributed by atoms with van der Waals surface area (Å²) in [5, 5.41) is 10.2. The Balaban J connectivity index is 2.10. The molecule has 1 aromatic rings. The van der Waals surface area contributed by atoms with E-state index in [1.165, 1.54) is 18.7 Å². The molecule has 2 fully saturated rings. The van der Waals surface area contributed by atoms with Gasteiger partial charge in [0.2, 0.25) is 5.60 Å². The fourth-order valence-corrected chi connectivity index (χ4v) is 5.53. The van der Waals surface area contributed by atoms with E-state index in [1.807, 2.05) is 30.3 Å². The molecule has 2 heterocycles. The van der Waals surface area contributed by atoms with Crippen LogP contribution in [0, 0.1) is 0 Å². The van der Waals surface area contributed by atoms with Crippen LogP contribution in [0.1, 0.15) is 27.7 Å². The first-order valence-corrected chi connectivity index (χ1v) is 12.0. The van der Waals surface area contributed by atoms with Crippen LogP contribution in [0.5, 0.6) is 0 Å². The van der Waals surface area contributed by atoms with E-state index in [0.717, 1.165) is 4.90 Å². The van der Waals surface area contributed by atoms with Crippen molar-refractivity contribution in [3.05, 3.63) is 30.3 Å². The molecule has 0 aliphatic carbocycles. The molecule has 7 atom stereocenters. The molecule has 34 heavy (non-hydrogen) atoms. The molecule has 1 aromatic carbocycles. The third-order valence-corrected chi connectivity index (χ3v) is 6.83. The number of aliphatic hydroxyl groups is 1. The molecule has 11 heteroatoms. The lowest BCUT2D eigenvalue weighted by molar-refractivity contribution is -0.216. The molecular weight excluding hydrogens is 468 g/mol. The highest BCUT2D eigenvalue weighted by Gasteiger charge is 2.72. The number of carbonyl (C=O) groups is 3. The Morgan fingerprint density at radius 2 is 1.74 bits per heavy atom. The summed E-state index contributed by atoms with van der Waals surface area (Å²) >= 11 is 1.18. The van der Waals surface area contributed by atoms with Gasteiger partial charge < -0.3 is 33.5 Å². The second kappa shape index (κ2) is 11.5. The average Bonchev–Trinajstić information content (AvgIpc) is 3.29. The monoisotopic (exact) mass is 498 g/mol. The number of benzene rings is 1. The number of aliphatic hydroxyl groups excluding tert-OH is 1. The molecule has 3 rings (SSSR count). The van der Waals surface area contributed by atoms with Gasteiger partial charge >= 0.3 is 17.9 Å². The van der Waals surface area contributed by atoms with Crippen molar-refractivity contribution in [3.63, 3.8) is 0 Å². The maximum Gasteiger partial charge on any atom is 0.343 e. The van der Waals surface area contributed by atoms with Gasteiger partial charge in [0.15, 0.2) is 18.5 Å². The van der Waals surface area contributed by atoms with Gasteiger partial charge in [0.25, 0.3) is 0 Å². The average molecular weight is 499 g/mol. The second-order valence-corrected chi connectivity index (χ2v) is 8.82. The van der Waals surface area contributed by atoms with Crippen molar-refractivity contribution in [2.45, 2.75) is 74.1 Å². The van der Waals surface area contributed by atoms with Crippen LogP contribution in [0.3, 0.4) is 0 Å². The summed E-state index contributed by atoms with van der Waals surface area (Å²) in [6.45, 7) is 6.40. The zero-order valence-corrected chi connectivity index (χ0v) is 20.3. The van der Waals surface area contributed by atoms with Gasteiger partial charge in [-0.05, 0) is 32.9 Å². The number of carbonyl (C=O) groups excluding carboxylic acids is 3. The Morgan fingerprint density at radius 3 is 2.32 bits per heavy atom. The van der Waals surface area contributed by atoms with Crippen molar-refractivity contribution >= 4 is 29.7 Å². The summed E-state index contributed by atoms with van der Waals surface area (Å²) in [6.07, 6.45) is -5.92. The Labute approximate surface area is 202 Å². The van der Waals surface area contributed by atoms with E-state index in [-0.39, 0.29) is 19.8 Å². The fourth-order valence-electron chi connectivity index (χ4n) is 4.11. The molecule has 0 aromatic heterocycles. The molecule has 0 bridgehead atoms. The van der Waals surface area contributed by atoms with Crippen molar-refractivity contribution in [1.82, 2.24) is 0 Å². The first kappa shape index (κ1) is 26.4. The van der Waals surface area contributed by atoms with Gasteiger partial charge in [0, 0.05) is 18.4 Å². The Kier molecular flexibility index (Phi) is 8.94. The van der Waals surface area contributed by atoms with Gasteiger partial charge in [0.1, 0.15) is 12.2 Å². The summed E-state index contributed by atoms with van der Waals surface area (Å²) in [6, 6.07) is 9.07. The van der Waals surface area contributed by atoms with E-state index in [9.17, 15) is 19.5 Å². The molecule has 2 saturated heterocycles. The summed E-state index contributed by atoms with van der Waals surface area (Å²) in [5.74, 6) is -2.59. The molecule has 0 amide bonds. The van der Waals surface area contributed by atoms with Crippen LogP contribution in [0.25, 0.3) is 0 Å². The van der Waals surface area contributed by atoms with Crippen molar-refractivity contribution in [1.29, 1.82) is 0 Å². The summed E-state index contributed by atoms with van der Waals surface area (Å²) in [4.78, 5) is 38.6. The van der Waals surface area contributed by atoms with Gasteiger partial charge in [-0.15, -0.1) is 11.8 Å². The van der Waals surface area contributed by atoms with Gasteiger partial charge in [0.05, 0.1) is 18.5 Å². The lowest BCUT2D eigenvalue weighted by atomic mass is 9.90. The lowest BCUT2D eigenvalue weighted by Crippen LogP contribution is -2.61. The first-order valence-electron chi connectivity index (χ1n) is 11.2. The highest BCUT2D eigenvalue weighted by molar-refractivity contribution is 8.00. The fraction of sp³-hybridized carbons (Fsp3) is 0.609. The predicted octanol–water partition coefficient (Wildman–Crippen LogP) is 1.47. The van der Waals surface area contributed by atoms with Gasteiger partial charge in [-0.2, -0.15) is 0 Å². The van der Waals surface area contributed by atoms with Crippen LogP contribution in [0.15, 0.2) is 35.2 Å². The van der Waals surface area contributed by atoms with Crippen LogP contribution in [-0.4, -0.2) is 84.4 Å². The molecule has 2 aliphatic rings. The molecular formula is C23H30O10S. The Morgan fingerprint density at radius 1 is 1.06 bits per heavy atom. The minimum atomic E-state index is -2.19. The van der Waals surface area contributed by atoms with E-state index < -0.39 is 59.5 Å². The molecule has 2 aliphatic heterocycles. The second-order valence-electron chi connectivity index (χ2n) is 7.60. The lowest BCUT2D eigenvalue weighted by Gasteiger charge is -2.36. The molecule has 0 saturated carbocycles. The molecule has 10 nitrogen and oxygen atoms in total. The number of hydrogen-bond donors (Lipinski definition) is 1. The SMILES string of the molecule is CCOC(=O)[C@H](O)[C@@]1(C(=O)OCC)O[C@H]2[C@@H](OC(C)=O)[C@H](OCC)O[C@H]2C1Sc1ccccc1. The van der Waals surface area contributed by atoms with Crippen LogP contribution in [0.2, 0.25) is 0 Å². The largest absolute Gasteiger partial charge is 0.464 e. The quantitative estimate of drug-likeness (QED) is 0.372. The topological polar surface area (TPSA) is 127 Å². The van der Waals surface area contributed by atoms with Crippen molar-refractivity contribution < 1.29 is 47.9 Å². The van der Waals surface area contributed by atoms with Crippen LogP contribution in [-0.2, 0) is 42.8 Å². The Hall–Kier alpha value is -2.18. The molecule has 1 N–H and O–H groups in total. The standard InChI is InChI=1S/C23H30O10S/c1-5-28-20(26)18(25)23(22(27)30-7-3)19(34-14-11-9-8-10-12-14)16-15(33-23)17(31-13(4)24)21(32-16)29-6-2/h8-12,15-19,21,25H,5-7H2,1-4H3/t15-,16-,17-,18+,19?,21-,23-/m1/s1. The smallest absolute Gasteiger partial charge is 0.343 e. The number of ether oxygens (including phenoxy) is 6. The zero-order chi connectivity index (χ0) is 24.9. The van der Waals surface area contributed by atoms with Crippen LogP contribution < -0.4 is 0 Å². The normalized spacial score (nSPS) is 30.9. The number of esters is 3. The van der Waals surface area contributed by atoms with Gasteiger partial charge in [-0.25, -0.2) is 9.59 Å². The van der Waals surface area contributed by atoms with E-state index in [4.69, 9.17) is 28.4 Å². The number of hydrogen-bond acceptors (Lipinski definition) is 11. The number of thioether (sulfide) groups is 1. The molecule has 1 unspecified atom stereocenters. The maximum absolute atomic E-state index is 13.4. The van der Waals surface area contributed by atoms with Gasteiger partial charge in [-0.1, -0.05) is 18.2 Å². The summed E-state index contributed by atoms with van der Waals surface area (Å²) in [7, 11) is 0. The van der Waals surface area contributed by atoms with Crippen molar-refractivity contribution in [3.8, 4) is 0 Å². The van der Waals surface area contributed by atoms with Gasteiger partial charge in [-0.3, -0.25) is 4.79 Å². The maximum atomic E-state index is 13.4. The highest BCUT2D eigenvalue weighted by Crippen LogP contribution is 2.51. The summed E-state index contributed by atoms with van der Waals surface area (Å²) < 4.78 is 33.6. The minimum absolute atomic E-state index is 0.0167. The van der Waals surface area contributed by atoms with E-state index in [1.54, 1.807) is 20.8 Å². The summed E-state index contributed by atoms with van der Waals surface area (Å²) in [5.41, 5.74) is -2.19. The minimum Gasteiger partial charge on any atom is -0.464 e. The molecule has 188 valence electrons. The first-order chi connectivity index (χ1) is 16.3. The zero-order valence-electron chi connectivity index (χ0n) is 19.5. The van der Waals surface area contributed by atoms with Crippen LogP contribution in [0.4, 0.5) is 0 Å². The van der Waals surface area contributed by atoms with E-state index in [0.29, 0.717) is 0 Å². The molecule has 0 spiro atoms.